The number of nitrogens with zero attached hydrogens (tertiary/aromatic N) is 1. The van der Waals surface area contributed by atoms with Crippen molar-refractivity contribution >= 4 is 44.7 Å². The van der Waals surface area contributed by atoms with Crippen LogP contribution in [0.1, 0.15) is 45.7 Å². The van der Waals surface area contributed by atoms with Gasteiger partial charge >= 0.3 is 5.97 Å². The van der Waals surface area contributed by atoms with Gasteiger partial charge in [-0.3, -0.25) is 4.79 Å². The first-order valence-electron chi connectivity index (χ1n) is 8.94. The molecule has 1 saturated heterocycles. The van der Waals surface area contributed by atoms with Crippen molar-refractivity contribution in [1.82, 2.24) is 4.31 Å². The molecular weight excluding hydrogens is 422 g/mol. The molecule has 28 heavy (non-hydrogen) atoms. The molecule has 0 N–H and O–H groups in total. The summed E-state index contributed by atoms with van der Waals surface area (Å²) in [6.45, 7) is 0.530. The maximum Gasteiger partial charge on any atom is 0.338 e. The first-order valence-corrected chi connectivity index (χ1v) is 11.6. The first-order chi connectivity index (χ1) is 13.4. The van der Waals surface area contributed by atoms with Gasteiger partial charge in [0.1, 0.15) is 0 Å². The van der Waals surface area contributed by atoms with Crippen molar-refractivity contribution in [1.29, 1.82) is 0 Å². The lowest BCUT2D eigenvalue weighted by atomic mass is 10.2. The van der Waals surface area contributed by atoms with Gasteiger partial charge in [0.2, 0.25) is 15.8 Å². The molecule has 0 saturated carbocycles. The highest BCUT2D eigenvalue weighted by Crippen LogP contribution is 2.23. The third kappa shape index (κ3) is 5.00. The van der Waals surface area contributed by atoms with Gasteiger partial charge < -0.3 is 4.74 Å². The largest absolute Gasteiger partial charge is 0.454 e. The molecule has 1 aliphatic rings. The highest BCUT2D eigenvalue weighted by molar-refractivity contribution is 7.89. The summed E-state index contributed by atoms with van der Waals surface area (Å²) in [4.78, 5) is 24.8. The SMILES string of the molecule is O=C(OCC(=O)c1ccc(Cl)s1)c1cccc(S(=O)(=O)N2CCCCCC2)c1. The Hall–Kier alpha value is -1.74. The van der Waals surface area contributed by atoms with Crippen molar-refractivity contribution in [3.8, 4) is 0 Å². The summed E-state index contributed by atoms with van der Waals surface area (Å²) in [5.74, 6) is -1.11. The second-order valence-electron chi connectivity index (χ2n) is 6.45. The van der Waals surface area contributed by atoms with Gasteiger partial charge in [0, 0.05) is 13.1 Å². The minimum atomic E-state index is -3.67. The predicted octanol–water partition coefficient (Wildman–Crippen LogP) is 4.01. The Morgan fingerprint density at radius 1 is 1.07 bits per heavy atom. The Morgan fingerprint density at radius 2 is 1.79 bits per heavy atom. The minimum Gasteiger partial charge on any atom is -0.454 e. The number of Topliss-reactive ketones (excluding diaryl/α,β-unsaturated/α-hetero) is 1. The maximum absolute atomic E-state index is 12.9. The number of carbonyl (C=O) groups excluding carboxylic acids is 2. The van der Waals surface area contributed by atoms with Crippen LogP contribution in [-0.4, -0.2) is 44.2 Å². The molecule has 2 aromatic rings. The van der Waals surface area contributed by atoms with Crippen LogP contribution < -0.4 is 0 Å². The van der Waals surface area contributed by atoms with Crippen LogP contribution in [0, 0.1) is 0 Å². The van der Waals surface area contributed by atoms with E-state index in [1.807, 2.05) is 0 Å². The van der Waals surface area contributed by atoms with Gasteiger partial charge in [-0.25, -0.2) is 13.2 Å². The van der Waals surface area contributed by atoms with Crippen LogP contribution in [0.15, 0.2) is 41.3 Å². The topological polar surface area (TPSA) is 80.8 Å². The summed E-state index contributed by atoms with van der Waals surface area (Å²) in [6.07, 6.45) is 3.69. The second-order valence-corrected chi connectivity index (χ2v) is 10.1. The zero-order valence-corrected chi connectivity index (χ0v) is 17.5. The molecule has 0 unspecified atom stereocenters. The number of hydrogen-bond donors (Lipinski definition) is 0. The van der Waals surface area contributed by atoms with Crippen molar-refractivity contribution in [3.05, 3.63) is 51.2 Å². The van der Waals surface area contributed by atoms with Crippen LogP contribution in [-0.2, 0) is 14.8 Å². The number of carbonyl (C=O) groups is 2. The van der Waals surface area contributed by atoms with Gasteiger partial charge in [-0.05, 0) is 43.2 Å². The number of thiophene rings is 1. The van der Waals surface area contributed by atoms with E-state index in [1.54, 1.807) is 12.1 Å². The van der Waals surface area contributed by atoms with Crippen LogP contribution >= 0.6 is 22.9 Å². The number of halogens is 1. The molecule has 0 radical (unpaired) electrons. The Kier molecular flexibility index (Phi) is 6.87. The molecule has 1 aliphatic heterocycles. The lowest BCUT2D eigenvalue weighted by molar-refractivity contribution is 0.0475. The van der Waals surface area contributed by atoms with E-state index in [0.717, 1.165) is 37.0 Å². The average molecular weight is 442 g/mol. The van der Waals surface area contributed by atoms with Gasteiger partial charge in [0.25, 0.3) is 0 Å². The molecule has 1 aromatic carbocycles. The van der Waals surface area contributed by atoms with Gasteiger partial charge in [0.15, 0.2) is 6.61 Å². The number of benzene rings is 1. The van der Waals surface area contributed by atoms with E-state index in [-0.39, 0.29) is 16.2 Å². The molecule has 9 heteroatoms. The van der Waals surface area contributed by atoms with Crippen molar-refractivity contribution in [2.45, 2.75) is 30.6 Å². The Balaban J connectivity index is 1.69. The minimum absolute atomic E-state index is 0.0558. The third-order valence-corrected chi connectivity index (χ3v) is 7.62. The van der Waals surface area contributed by atoms with Gasteiger partial charge in [-0.2, -0.15) is 4.31 Å². The summed E-state index contributed by atoms with van der Waals surface area (Å²) in [6, 6.07) is 8.90. The zero-order chi connectivity index (χ0) is 20.1. The van der Waals surface area contributed by atoms with Gasteiger partial charge in [0.05, 0.1) is 19.7 Å². The van der Waals surface area contributed by atoms with Gasteiger partial charge in [-0.15, -0.1) is 11.3 Å². The molecule has 0 atom stereocenters. The van der Waals surface area contributed by atoms with E-state index in [0.29, 0.717) is 22.3 Å². The zero-order valence-electron chi connectivity index (χ0n) is 15.1. The van der Waals surface area contributed by atoms with E-state index in [2.05, 4.69) is 0 Å². The van der Waals surface area contributed by atoms with E-state index in [9.17, 15) is 18.0 Å². The molecule has 3 rings (SSSR count). The molecule has 0 aliphatic carbocycles. The van der Waals surface area contributed by atoms with E-state index in [1.165, 1.54) is 28.6 Å². The lowest BCUT2D eigenvalue weighted by Crippen LogP contribution is -2.32. The number of rotatable bonds is 6. The summed E-state index contributed by atoms with van der Waals surface area (Å²) >= 11 is 6.90. The van der Waals surface area contributed by atoms with Crippen LogP contribution in [0.4, 0.5) is 0 Å². The van der Waals surface area contributed by atoms with E-state index in [4.69, 9.17) is 16.3 Å². The van der Waals surface area contributed by atoms with Crippen molar-refractivity contribution in [2.75, 3.05) is 19.7 Å². The number of esters is 1. The molecular formula is C19H20ClNO5S2. The van der Waals surface area contributed by atoms with E-state index >= 15 is 0 Å². The summed E-state index contributed by atoms with van der Waals surface area (Å²) < 4.78 is 32.7. The fourth-order valence-electron chi connectivity index (χ4n) is 2.96. The fourth-order valence-corrected chi connectivity index (χ4v) is 5.50. The normalized spacial score (nSPS) is 15.8. The summed E-state index contributed by atoms with van der Waals surface area (Å²) in [7, 11) is -3.67. The van der Waals surface area contributed by atoms with Crippen molar-refractivity contribution in [2.24, 2.45) is 0 Å². The van der Waals surface area contributed by atoms with Crippen molar-refractivity contribution in [3.63, 3.8) is 0 Å². The van der Waals surface area contributed by atoms with Crippen LogP contribution in [0.5, 0.6) is 0 Å². The smallest absolute Gasteiger partial charge is 0.338 e. The molecule has 1 aromatic heterocycles. The first kappa shape index (κ1) is 21.0. The van der Waals surface area contributed by atoms with E-state index < -0.39 is 22.6 Å². The third-order valence-electron chi connectivity index (χ3n) is 4.45. The highest BCUT2D eigenvalue weighted by Gasteiger charge is 2.26. The lowest BCUT2D eigenvalue weighted by Gasteiger charge is -2.20. The standard InChI is InChI=1S/C19H20ClNO5S2/c20-18-9-8-17(27-18)16(22)13-26-19(23)14-6-5-7-15(12-14)28(24,25)21-10-3-1-2-4-11-21/h5-9,12H,1-4,10-11,13H2. The molecule has 0 spiro atoms. The monoisotopic (exact) mass is 441 g/mol. The molecule has 6 nitrogen and oxygen atoms in total. The van der Waals surface area contributed by atoms with Crippen LogP contribution in [0.2, 0.25) is 4.34 Å². The number of sulfonamides is 1. The summed E-state index contributed by atoms with van der Waals surface area (Å²) in [5, 5.41) is 0. The van der Waals surface area contributed by atoms with Crippen molar-refractivity contribution < 1.29 is 22.7 Å². The number of ether oxygens (including phenoxy) is 1. The maximum atomic E-state index is 12.9. The molecule has 150 valence electrons. The Morgan fingerprint density at radius 3 is 2.43 bits per heavy atom. The Bertz CT molecular complexity index is 962. The number of ketones is 1. The Labute approximate surface area is 173 Å². The quantitative estimate of drug-likeness (QED) is 0.499. The van der Waals surface area contributed by atoms with Crippen LogP contribution in [0.25, 0.3) is 0 Å². The molecule has 2 heterocycles. The number of hydrogen-bond acceptors (Lipinski definition) is 6. The highest BCUT2D eigenvalue weighted by atomic mass is 35.5. The predicted molar refractivity (Wildman–Crippen MR) is 108 cm³/mol. The average Bonchev–Trinajstić information content (AvgIpc) is 2.94. The molecule has 1 fully saturated rings. The van der Waals surface area contributed by atoms with Crippen LogP contribution in [0.3, 0.4) is 0 Å². The molecule has 0 amide bonds. The summed E-state index contributed by atoms with van der Waals surface area (Å²) in [5.41, 5.74) is 0.0907. The second kappa shape index (κ2) is 9.17. The molecule has 0 bridgehead atoms. The fraction of sp³-hybridized carbons (Fsp3) is 0.368. The van der Waals surface area contributed by atoms with Gasteiger partial charge in [-0.1, -0.05) is 30.5 Å².